The number of ether oxygens (including phenoxy) is 1. The van der Waals surface area contributed by atoms with E-state index in [2.05, 4.69) is 60.4 Å². The molecular formula is C14H31NO. The van der Waals surface area contributed by atoms with E-state index in [1.165, 1.54) is 0 Å². The first-order valence-corrected chi connectivity index (χ1v) is 6.49. The molecule has 0 saturated carbocycles. The summed E-state index contributed by atoms with van der Waals surface area (Å²) in [6.07, 6.45) is 2.14. The van der Waals surface area contributed by atoms with Crippen LogP contribution < -0.4 is 0 Å². The van der Waals surface area contributed by atoms with Crippen LogP contribution in [0.25, 0.3) is 0 Å². The smallest absolute Gasteiger partial charge is 0.0623 e. The van der Waals surface area contributed by atoms with E-state index in [-0.39, 0.29) is 11.1 Å². The van der Waals surface area contributed by atoms with Gasteiger partial charge < -0.3 is 4.74 Å². The molecule has 16 heavy (non-hydrogen) atoms. The zero-order chi connectivity index (χ0) is 13.0. The summed E-state index contributed by atoms with van der Waals surface area (Å²) in [5.74, 6) is 0. The molecule has 0 aromatic rings. The van der Waals surface area contributed by atoms with Gasteiger partial charge in [0.1, 0.15) is 0 Å². The third-order valence-corrected chi connectivity index (χ3v) is 3.79. The highest BCUT2D eigenvalue weighted by molar-refractivity contribution is 4.81. The Balaban J connectivity index is 4.10. The summed E-state index contributed by atoms with van der Waals surface area (Å²) in [4.78, 5) is 2.41. The number of hydrogen-bond donors (Lipinski definition) is 0. The Hall–Kier alpha value is -0.0800. The summed E-state index contributed by atoms with van der Waals surface area (Å²) in [6, 6.07) is 0.578. The van der Waals surface area contributed by atoms with E-state index in [1.807, 2.05) is 0 Å². The first kappa shape index (κ1) is 15.9. The summed E-state index contributed by atoms with van der Waals surface area (Å²) in [6.45, 7) is 16.4. The molecule has 0 rings (SSSR count). The number of hydrogen-bond acceptors (Lipinski definition) is 2. The van der Waals surface area contributed by atoms with Gasteiger partial charge in [-0.1, -0.05) is 6.92 Å². The van der Waals surface area contributed by atoms with Gasteiger partial charge in [-0.2, -0.15) is 0 Å². The van der Waals surface area contributed by atoms with Crippen LogP contribution >= 0.6 is 0 Å². The maximum Gasteiger partial charge on any atom is 0.0623 e. The second kappa shape index (κ2) is 6.02. The van der Waals surface area contributed by atoms with Crippen molar-refractivity contribution in [1.29, 1.82) is 0 Å². The van der Waals surface area contributed by atoms with Gasteiger partial charge in [-0.15, -0.1) is 0 Å². The molecule has 98 valence electrons. The minimum absolute atomic E-state index is 0.0203. The van der Waals surface area contributed by atoms with Crippen LogP contribution in [0.1, 0.15) is 61.3 Å². The molecule has 0 aromatic heterocycles. The van der Waals surface area contributed by atoms with Gasteiger partial charge in [-0.25, -0.2) is 0 Å². The van der Waals surface area contributed by atoms with Crippen LogP contribution in [0.4, 0.5) is 0 Å². The van der Waals surface area contributed by atoms with Gasteiger partial charge in [-0.05, 0) is 61.4 Å². The van der Waals surface area contributed by atoms with Crippen LogP contribution in [0, 0.1) is 0 Å². The van der Waals surface area contributed by atoms with Crippen molar-refractivity contribution in [3.05, 3.63) is 0 Å². The fourth-order valence-corrected chi connectivity index (χ4v) is 1.55. The van der Waals surface area contributed by atoms with Gasteiger partial charge in [0.15, 0.2) is 0 Å². The van der Waals surface area contributed by atoms with Crippen molar-refractivity contribution >= 4 is 0 Å². The van der Waals surface area contributed by atoms with Crippen LogP contribution in [0.15, 0.2) is 0 Å². The molecule has 0 aromatic carbocycles. The van der Waals surface area contributed by atoms with Crippen molar-refractivity contribution < 1.29 is 4.74 Å². The molecule has 0 amide bonds. The van der Waals surface area contributed by atoms with Crippen molar-refractivity contribution in [3.63, 3.8) is 0 Å². The lowest BCUT2D eigenvalue weighted by molar-refractivity contribution is -0.0383. The van der Waals surface area contributed by atoms with E-state index in [0.29, 0.717) is 6.04 Å². The Morgan fingerprint density at radius 3 is 2.00 bits per heavy atom. The molecular weight excluding hydrogens is 198 g/mol. The lowest BCUT2D eigenvalue weighted by Gasteiger charge is -2.39. The average Bonchev–Trinajstić information content (AvgIpc) is 2.15. The van der Waals surface area contributed by atoms with Crippen molar-refractivity contribution in [2.75, 3.05) is 13.7 Å². The van der Waals surface area contributed by atoms with Gasteiger partial charge in [0.05, 0.1) is 5.60 Å². The third-order valence-electron chi connectivity index (χ3n) is 3.79. The monoisotopic (exact) mass is 229 g/mol. The van der Waals surface area contributed by atoms with Crippen molar-refractivity contribution in [3.8, 4) is 0 Å². The van der Waals surface area contributed by atoms with Crippen LogP contribution in [0.5, 0.6) is 0 Å². The molecule has 0 spiro atoms. The molecule has 0 aliphatic carbocycles. The highest BCUT2D eigenvalue weighted by Crippen LogP contribution is 2.21. The maximum atomic E-state index is 5.92. The summed E-state index contributed by atoms with van der Waals surface area (Å²) < 4.78 is 5.92. The van der Waals surface area contributed by atoms with E-state index >= 15 is 0 Å². The molecule has 0 N–H and O–H groups in total. The van der Waals surface area contributed by atoms with E-state index in [4.69, 9.17) is 4.74 Å². The Labute approximate surface area is 102 Å². The zero-order valence-corrected chi connectivity index (χ0v) is 12.6. The standard InChI is InChI=1S/C14H31NO/c1-9-14(6,7)16-11-10-13(4,5)15(8)12(2)3/h12H,9-11H2,1-8H3. The van der Waals surface area contributed by atoms with Gasteiger partial charge >= 0.3 is 0 Å². The Morgan fingerprint density at radius 1 is 1.12 bits per heavy atom. The fourth-order valence-electron chi connectivity index (χ4n) is 1.55. The van der Waals surface area contributed by atoms with E-state index in [9.17, 15) is 0 Å². The molecule has 0 radical (unpaired) electrons. The molecule has 0 fully saturated rings. The van der Waals surface area contributed by atoms with E-state index in [1.54, 1.807) is 0 Å². The molecule has 2 heteroatoms. The minimum atomic E-state index is 0.0203. The second-order valence-electron chi connectivity index (χ2n) is 6.23. The van der Waals surface area contributed by atoms with Gasteiger partial charge in [-0.3, -0.25) is 4.90 Å². The Kier molecular flexibility index (Phi) is 5.99. The second-order valence-corrected chi connectivity index (χ2v) is 6.23. The Bertz CT molecular complexity index is 197. The third kappa shape index (κ3) is 5.31. The fraction of sp³-hybridized carbons (Fsp3) is 1.00. The maximum absolute atomic E-state index is 5.92. The van der Waals surface area contributed by atoms with E-state index in [0.717, 1.165) is 19.4 Å². The molecule has 2 nitrogen and oxygen atoms in total. The predicted octanol–water partition coefficient (Wildman–Crippen LogP) is 3.70. The normalized spacial score (nSPS) is 13.9. The molecule has 0 unspecified atom stereocenters. The minimum Gasteiger partial charge on any atom is -0.376 e. The lowest BCUT2D eigenvalue weighted by Crippen LogP contribution is -2.46. The van der Waals surface area contributed by atoms with Crippen LogP contribution in [0.3, 0.4) is 0 Å². The molecule has 0 saturated heterocycles. The summed E-state index contributed by atoms with van der Waals surface area (Å²) in [5.41, 5.74) is 0.227. The largest absolute Gasteiger partial charge is 0.376 e. The molecule has 0 bridgehead atoms. The zero-order valence-electron chi connectivity index (χ0n) is 12.6. The van der Waals surface area contributed by atoms with E-state index < -0.39 is 0 Å². The lowest BCUT2D eigenvalue weighted by atomic mass is 9.97. The van der Waals surface area contributed by atoms with Gasteiger partial charge in [0.25, 0.3) is 0 Å². The summed E-state index contributed by atoms with van der Waals surface area (Å²) in [7, 11) is 2.19. The highest BCUT2D eigenvalue weighted by Gasteiger charge is 2.26. The number of nitrogens with zero attached hydrogens (tertiary/aromatic N) is 1. The van der Waals surface area contributed by atoms with Gasteiger partial charge in [0, 0.05) is 18.2 Å². The summed E-state index contributed by atoms with van der Waals surface area (Å²) >= 11 is 0. The first-order valence-electron chi connectivity index (χ1n) is 6.49. The van der Waals surface area contributed by atoms with Crippen LogP contribution in [-0.4, -0.2) is 35.7 Å². The van der Waals surface area contributed by atoms with Crippen molar-refractivity contribution in [2.24, 2.45) is 0 Å². The quantitative estimate of drug-likeness (QED) is 0.660. The van der Waals surface area contributed by atoms with Crippen molar-refractivity contribution in [2.45, 2.75) is 78.5 Å². The SMILES string of the molecule is CCC(C)(C)OCCC(C)(C)N(C)C(C)C. The highest BCUT2D eigenvalue weighted by atomic mass is 16.5. The number of rotatable bonds is 7. The molecule has 0 heterocycles. The molecule has 0 aliphatic rings. The first-order chi connectivity index (χ1) is 7.12. The predicted molar refractivity (Wildman–Crippen MR) is 71.9 cm³/mol. The van der Waals surface area contributed by atoms with Crippen LogP contribution in [0.2, 0.25) is 0 Å². The molecule has 0 aliphatic heterocycles. The average molecular weight is 229 g/mol. The van der Waals surface area contributed by atoms with Crippen LogP contribution in [-0.2, 0) is 4.74 Å². The Morgan fingerprint density at radius 2 is 1.62 bits per heavy atom. The van der Waals surface area contributed by atoms with Crippen molar-refractivity contribution in [1.82, 2.24) is 4.90 Å². The van der Waals surface area contributed by atoms with Gasteiger partial charge in [0.2, 0.25) is 0 Å². The summed E-state index contributed by atoms with van der Waals surface area (Å²) in [5, 5.41) is 0. The molecule has 0 atom stereocenters. The topological polar surface area (TPSA) is 12.5 Å².